The van der Waals surface area contributed by atoms with Crippen molar-refractivity contribution in [2.45, 2.75) is 50.8 Å². The highest BCUT2D eigenvalue weighted by Crippen LogP contribution is 2.37. The Bertz CT molecular complexity index is 521. The minimum atomic E-state index is -3.62. The minimum absolute atomic E-state index is 0.0327. The molecule has 0 spiro atoms. The van der Waals surface area contributed by atoms with Gasteiger partial charge in [0.05, 0.1) is 12.8 Å². The monoisotopic (exact) mass is 273 g/mol. The molecule has 0 saturated heterocycles. The Morgan fingerprint density at radius 1 is 1.61 bits per heavy atom. The Morgan fingerprint density at radius 3 is 2.89 bits per heavy atom. The Morgan fingerprint density at radius 2 is 2.33 bits per heavy atom. The molecule has 1 atom stereocenters. The maximum absolute atomic E-state index is 12.1. The van der Waals surface area contributed by atoms with E-state index in [1.807, 2.05) is 0 Å². The highest BCUT2D eigenvalue weighted by atomic mass is 32.2. The third kappa shape index (κ3) is 2.73. The number of nitrogens with zero attached hydrogens (tertiary/aromatic N) is 1. The lowest BCUT2D eigenvalue weighted by Gasteiger charge is -2.17. The van der Waals surface area contributed by atoms with E-state index in [2.05, 4.69) is 28.8 Å². The topological polar surface area (TPSA) is 95.1 Å². The van der Waals surface area contributed by atoms with E-state index in [0.29, 0.717) is 5.56 Å². The van der Waals surface area contributed by atoms with Crippen molar-refractivity contribution in [1.82, 2.24) is 14.9 Å². The molecular formula is C11H19N3O3S. The maximum atomic E-state index is 12.1. The second kappa shape index (κ2) is 4.64. The van der Waals surface area contributed by atoms with E-state index >= 15 is 0 Å². The summed E-state index contributed by atoms with van der Waals surface area (Å²) in [6, 6.07) is -0.0418. The summed E-state index contributed by atoms with van der Waals surface area (Å²) in [6.45, 7) is 3.93. The first kappa shape index (κ1) is 13.5. The van der Waals surface area contributed by atoms with Crippen molar-refractivity contribution in [3.63, 3.8) is 0 Å². The predicted molar refractivity (Wildman–Crippen MR) is 66.3 cm³/mol. The molecule has 0 aromatic carbocycles. The molecule has 7 heteroatoms. The van der Waals surface area contributed by atoms with E-state index < -0.39 is 10.0 Å². The molecule has 2 rings (SSSR count). The van der Waals surface area contributed by atoms with E-state index in [-0.39, 0.29) is 23.1 Å². The number of aliphatic hydroxyl groups excluding tert-OH is 1. The van der Waals surface area contributed by atoms with Crippen molar-refractivity contribution < 1.29 is 13.5 Å². The van der Waals surface area contributed by atoms with Crippen LogP contribution >= 0.6 is 0 Å². The molecular weight excluding hydrogens is 254 g/mol. The summed E-state index contributed by atoms with van der Waals surface area (Å²) in [4.78, 5) is 0. The first-order valence-electron chi connectivity index (χ1n) is 5.99. The van der Waals surface area contributed by atoms with Crippen molar-refractivity contribution in [2.75, 3.05) is 0 Å². The summed E-state index contributed by atoms with van der Waals surface area (Å²) in [5.41, 5.74) is 0.473. The normalized spacial score (nSPS) is 23.4. The number of rotatable bonds is 4. The molecule has 1 aromatic heterocycles. The lowest BCUT2D eigenvalue weighted by molar-refractivity contribution is 0.278. The third-order valence-electron chi connectivity index (χ3n) is 3.41. The zero-order chi connectivity index (χ0) is 13.4. The lowest BCUT2D eigenvalue weighted by atomic mass is 9.92. The average Bonchev–Trinajstić information content (AvgIpc) is 2.84. The summed E-state index contributed by atoms with van der Waals surface area (Å²) in [6.07, 6.45) is 4.01. The van der Waals surface area contributed by atoms with Gasteiger partial charge < -0.3 is 5.11 Å². The predicted octanol–water partition coefficient (Wildman–Crippen LogP) is 0.759. The Kier molecular flexibility index (Phi) is 3.48. The molecule has 1 saturated carbocycles. The highest BCUT2D eigenvalue weighted by Gasteiger charge is 2.34. The Balaban J connectivity index is 2.14. The van der Waals surface area contributed by atoms with Crippen LogP contribution in [0.3, 0.4) is 0 Å². The van der Waals surface area contributed by atoms with Gasteiger partial charge in [0.15, 0.2) is 5.03 Å². The molecule has 0 aliphatic heterocycles. The van der Waals surface area contributed by atoms with E-state index in [9.17, 15) is 8.42 Å². The summed E-state index contributed by atoms with van der Waals surface area (Å²) >= 11 is 0. The van der Waals surface area contributed by atoms with Crippen molar-refractivity contribution in [3.05, 3.63) is 11.8 Å². The molecule has 1 fully saturated rings. The third-order valence-corrected chi connectivity index (χ3v) is 4.94. The van der Waals surface area contributed by atoms with E-state index in [0.717, 1.165) is 19.3 Å². The molecule has 1 aromatic rings. The summed E-state index contributed by atoms with van der Waals surface area (Å²) in [7, 11) is -3.62. The second-order valence-electron chi connectivity index (χ2n) is 5.61. The fraction of sp³-hybridized carbons (Fsp3) is 0.727. The first-order valence-corrected chi connectivity index (χ1v) is 7.48. The van der Waals surface area contributed by atoms with Gasteiger partial charge in [-0.3, -0.25) is 5.10 Å². The Labute approximate surface area is 107 Å². The van der Waals surface area contributed by atoms with E-state index in [1.54, 1.807) is 0 Å². The standard InChI is InChI=1S/C11H19N3O3S/c1-11(2)4-3-9(5-11)14-18(16,17)10-8(7-15)6-12-13-10/h6,9,14-15H,3-5,7H2,1-2H3,(H,12,13). The van der Waals surface area contributed by atoms with Gasteiger partial charge in [-0.1, -0.05) is 13.8 Å². The van der Waals surface area contributed by atoms with Crippen molar-refractivity contribution in [3.8, 4) is 0 Å². The zero-order valence-electron chi connectivity index (χ0n) is 10.6. The van der Waals surface area contributed by atoms with Crippen LogP contribution in [0.25, 0.3) is 0 Å². The van der Waals surface area contributed by atoms with Crippen LogP contribution in [0.5, 0.6) is 0 Å². The molecule has 1 aliphatic rings. The number of nitrogens with one attached hydrogen (secondary N) is 2. The molecule has 0 amide bonds. The zero-order valence-corrected chi connectivity index (χ0v) is 11.4. The fourth-order valence-electron chi connectivity index (χ4n) is 2.46. The van der Waals surface area contributed by atoms with Gasteiger partial charge >= 0.3 is 0 Å². The molecule has 0 radical (unpaired) electrons. The van der Waals surface area contributed by atoms with E-state index in [1.165, 1.54) is 6.20 Å². The van der Waals surface area contributed by atoms with Gasteiger partial charge in [-0.25, -0.2) is 13.1 Å². The average molecular weight is 273 g/mol. The number of sulfonamides is 1. The lowest BCUT2D eigenvalue weighted by Crippen LogP contribution is -2.34. The summed E-state index contributed by atoms with van der Waals surface area (Å²) in [5.74, 6) is 0. The van der Waals surface area contributed by atoms with Gasteiger partial charge in [0.2, 0.25) is 0 Å². The van der Waals surface area contributed by atoms with Gasteiger partial charge in [-0.05, 0) is 24.7 Å². The first-order chi connectivity index (χ1) is 8.34. The quantitative estimate of drug-likeness (QED) is 0.754. The van der Waals surface area contributed by atoms with Crippen LogP contribution in [0.15, 0.2) is 11.2 Å². The van der Waals surface area contributed by atoms with Gasteiger partial charge in [-0.15, -0.1) is 0 Å². The molecule has 6 nitrogen and oxygen atoms in total. The molecule has 0 bridgehead atoms. The minimum Gasteiger partial charge on any atom is -0.392 e. The van der Waals surface area contributed by atoms with Crippen LogP contribution in [0.1, 0.15) is 38.7 Å². The van der Waals surface area contributed by atoms with Crippen molar-refractivity contribution in [2.24, 2.45) is 5.41 Å². The van der Waals surface area contributed by atoms with Crippen LogP contribution in [-0.2, 0) is 16.6 Å². The van der Waals surface area contributed by atoms with Crippen LogP contribution in [-0.4, -0.2) is 29.8 Å². The van der Waals surface area contributed by atoms with Crippen LogP contribution in [0.2, 0.25) is 0 Å². The molecule has 1 aliphatic carbocycles. The van der Waals surface area contributed by atoms with Crippen LogP contribution in [0, 0.1) is 5.41 Å². The molecule has 3 N–H and O–H groups in total. The van der Waals surface area contributed by atoms with Crippen LogP contribution in [0.4, 0.5) is 0 Å². The Hall–Kier alpha value is -0.920. The number of H-pyrrole nitrogens is 1. The number of hydrogen-bond acceptors (Lipinski definition) is 4. The van der Waals surface area contributed by atoms with Gasteiger partial charge in [0.1, 0.15) is 0 Å². The number of hydrogen-bond donors (Lipinski definition) is 3. The van der Waals surface area contributed by atoms with Gasteiger partial charge in [0.25, 0.3) is 10.0 Å². The number of aliphatic hydroxyl groups is 1. The van der Waals surface area contributed by atoms with Crippen LogP contribution < -0.4 is 4.72 Å². The van der Waals surface area contributed by atoms with Gasteiger partial charge in [0, 0.05) is 11.6 Å². The summed E-state index contributed by atoms with van der Waals surface area (Å²) in [5, 5.41) is 15.1. The largest absolute Gasteiger partial charge is 0.392 e. The SMILES string of the molecule is CC1(C)CCC(NS(=O)(=O)c2[nH]ncc2CO)C1. The maximum Gasteiger partial charge on any atom is 0.258 e. The number of aromatic nitrogens is 2. The van der Waals surface area contributed by atoms with E-state index in [4.69, 9.17) is 5.11 Å². The molecule has 1 unspecified atom stereocenters. The van der Waals surface area contributed by atoms with Crippen molar-refractivity contribution >= 4 is 10.0 Å². The molecule has 18 heavy (non-hydrogen) atoms. The van der Waals surface area contributed by atoms with Crippen molar-refractivity contribution in [1.29, 1.82) is 0 Å². The highest BCUT2D eigenvalue weighted by molar-refractivity contribution is 7.89. The van der Waals surface area contributed by atoms with Gasteiger partial charge in [-0.2, -0.15) is 5.10 Å². The molecule has 102 valence electrons. The molecule has 1 heterocycles. The second-order valence-corrected chi connectivity index (χ2v) is 7.26. The number of aromatic amines is 1. The summed E-state index contributed by atoms with van der Waals surface area (Å²) < 4.78 is 27.0. The smallest absolute Gasteiger partial charge is 0.258 e. The fourth-order valence-corrected chi connectivity index (χ4v) is 3.85.